The lowest BCUT2D eigenvalue weighted by molar-refractivity contribution is 0.100. The maximum absolute atomic E-state index is 11.3. The zero-order valence-electron chi connectivity index (χ0n) is 11.4. The Labute approximate surface area is 128 Å². The van der Waals surface area contributed by atoms with Crippen LogP contribution in [0.3, 0.4) is 0 Å². The van der Waals surface area contributed by atoms with Crippen LogP contribution in [-0.2, 0) is 0 Å². The van der Waals surface area contributed by atoms with E-state index in [-0.39, 0.29) is 11.6 Å². The molecule has 21 heavy (non-hydrogen) atoms. The monoisotopic (exact) mass is 299 g/mol. The topological polar surface area (TPSA) is 78.9 Å². The number of hydrogen-bond donors (Lipinski definition) is 2. The molecular weight excluding hydrogens is 286 g/mol. The van der Waals surface area contributed by atoms with Crippen molar-refractivity contribution in [2.75, 3.05) is 5.32 Å². The lowest BCUT2D eigenvalue weighted by Crippen LogP contribution is -2.13. The van der Waals surface area contributed by atoms with E-state index in [1.807, 2.05) is 19.1 Å². The molecular formula is C16H14ClN3O. The summed E-state index contributed by atoms with van der Waals surface area (Å²) in [5.74, 6) is -0.560. The minimum Gasteiger partial charge on any atom is -0.379 e. The van der Waals surface area contributed by atoms with Crippen LogP contribution in [0.4, 0.5) is 5.69 Å². The van der Waals surface area contributed by atoms with Crippen LogP contribution >= 0.6 is 11.6 Å². The molecule has 4 nitrogen and oxygen atoms in total. The number of amides is 1. The third-order valence-corrected chi connectivity index (χ3v) is 3.48. The average molecular weight is 300 g/mol. The number of anilines is 1. The molecule has 1 amide bonds. The van der Waals surface area contributed by atoms with Crippen molar-refractivity contribution in [1.82, 2.24) is 0 Å². The number of primary amides is 1. The first-order chi connectivity index (χ1) is 10.0. The molecule has 3 N–H and O–H groups in total. The van der Waals surface area contributed by atoms with Gasteiger partial charge in [-0.1, -0.05) is 23.7 Å². The van der Waals surface area contributed by atoms with Gasteiger partial charge < -0.3 is 11.1 Å². The second-order valence-corrected chi connectivity index (χ2v) is 5.07. The normalized spacial score (nSPS) is 11.5. The van der Waals surface area contributed by atoms with Gasteiger partial charge in [0.2, 0.25) is 5.91 Å². The van der Waals surface area contributed by atoms with Gasteiger partial charge in [-0.15, -0.1) is 0 Å². The number of rotatable bonds is 4. The highest BCUT2D eigenvalue weighted by Crippen LogP contribution is 2.24. The Kier molecular flexibility index (Phi) is 4.46. The molecule has 0 bridgehead atoms. The molecule has 0 fully saturated rings. The highest BCUT2D eigenvalue weighted by atomic mass is 35.5. The van der Waals surface area contributed by atoms with E-state index < -0.39 is 5.91 Å². The molecule has 1 unspecified atom stereocenters. The third-order valence-electron chi connectivity index (χ3n) is 3.15. The van der Waals surface area contributed by atoms with Crippen LogP contribution in [0, 0.1) is 11.3 Å². The van der Waals surface area contributed by atoms with Crippen molar-refractivity contribution in [1.29, 1.82) is 5.26 Å². The van der Waals surface area contributed by atoms with Crippen molar-refractivity contribution in [3.05, 3.63) is 64.2 Å². The molecule has 1 atom stereocenters. The van der Waals surface area contributed by atoms with Gasteiger partial charge in [-0.25, -0.2) is 0 Å². The average Bonchev–Trinajstić information content (AvgIpc) is 2.49. The molecule has 0 saturated carbocycles. The lowest BCUT2D eigenvalue weighted by Gasteiger charge is -2.16. The standard InChI is InChI=1S/C16H14ClN3O/c1-10(12-4-2-11(9-18)3-5-12)20-13-6-7-15(17)14(8-13)16(19)21/h2-8,10,20H,1H3,(H2,19,21). The number of nitrogens with zero attached hydrogens (tertiary/aromatic N) is 1. The van der Waals surface area contributed by atoms with E-state index in [0.717, 1.165) is 11.3 Å². The van der Waals surface area contributed by atoms with Crippen LogP contribution in [0.15, 0.2) is 42.5 Å². The van der Waals surface area contributed by atoms with Crippen molar-refractivity contribution in [2.45, 2.75) is 13.0 Å². The Balaban J connectivity index is 2.19. The summed E-state index contributed by atoms with van der Waals surface area (Å²) in [6.45, 7) is 1.99. The minimum atomic E-state index is -0.560. The molecule has 0 aromatic heterocycles. The molecule has 0 radical (unpaired) electrons. The largest absolute Gasteiger partial charge is 0.379 e. The Morgan fingerprint density at radius 3 is 2.52 bits per heavy atom. The van der Waals surface area contributed by atoms with E-state index in [1.54, 1.807) is 30.3 Å². The van der Waals surface area contributed by atoms with Gasteiger partial charge in [-0.05, 0) is 42.8 Å². The molecule has 2 aromatic rings. The van der Waals surface area contributed by atoms with Crippen molar-refractivity contribution < 1.29 is 4.79 Å². The molecule has 5 heteroatoms. The van der Waals surface area contributed by atoms with Crippen LogP contribution in [-0.4, -0.2) is 5.91 Å². The summed E-state index contributed by atoms with van der Waals surface area (Å²) in [4.78, 5) is 11.3. The SMILES string of the molecule is CC(Nc1ccc(Cl)c(C(N)=O)c1)c1ccc(C#N)cc1. The van der Waals surface area contributed by atoms with Gasteiger partial charge in [0.05, 0.1) is 22.2 Å². The van der Waals surface area contributed by atoms with Gasteiger partial charge in [-0.3, -0.25) is 4.79 Å². The van der Waals surface area contributed by atoms with Crippen LogP contribution in [0.25, 0.3) is 0 Å². The number of carbonyl (C=O) groups excluding carboxylic acids is 1. The Morgan fingerprint density at radius 2 is 1.95 bits per heavy atom. The Bertz CT molecular complexity index is 704. The van der Waals surface area contributed by atoms with E-state index in [1.165, 1.54) is 0 Å². The summed E-state index contributed by atoms with van der Waals surface area (Å²) in [5.41, 5.74) is 7.97. The summed E-state index contributed by atoms with van der Waals surface area (Å²) in [5, 5.41) is 12.4. The number of nitrogens with two attached hydrogens (primary N) is 1. The lowest BCUT2D eigenvalue weighted by atomic mass is 10.1. The molecule has 0 aliphatic carbocycles. The number of carbonyl (C=O) groups is 1. The van der Waals surface area contributed by atoms with Gasteiger partial charge in [0.1, 0.15) is 0 Å². The van der Waals surface area contributed by atoms with Crippen LogP contribution in [0.5, 0.6) is 0 Å². The minimum absolute atomic E-state index is 0.0136. The Hall–Kier alpha value is -2.51. The number of nitrogens with one attached hydrogen (secondary N) is 1. The van der Waals surface area contributed by atoms with Gasteiger partial charge in [0, 0.05) is 11.7 Å². The Morgan fingerprint density at radius 1 is 1.29 bits per heavy atom. The quantitative estimate of drug-likeness (QED) is 0.907. The van der Waals surface area contributed by atoms with Crippen LogP contribution < -0.4 is 11.1 Å². The van der Waals surface area contributed by atoms with Gasteiger partial charge in [0.15, 0.2) is 0 Å². The van der Waals surface area contributed by atoms with Crippen LogP contribution in [0.1, 0.15) is 34.5 Å². The number of nitriles is 1. The fraction of sp³-hybridized carbons (Fsp3) is 0.125. The van der Waals surface area contributed by atoms with E-state index in [2.05, 4.69) is 11.4 Å². The first-order valence-corrected chi connectivity index (χ1v) is 6.75. The second kappa shape index (κ2) is 6.29. The zero-order chi connectivity index (χ0) is 15.4. The van der Waals surface area contributed by atoms with Crippen molar-refractivity contribution in [3.8, 4) is 6.07 Å². The fourth-order valence-corrected chi connectivity index (χ4v) is 2.19. The summed E-state index contributed by atoms with van der Waals surface area (Å²) in [7, 11) is 0. The van der Waals surface area contributed by atoms with Gasteiger partial charge in [0.25, 0.3) is 0 Å². The predicted molar refractivity (Wildman–Crippen MR) is 83.2 cm³/mol. The van der Waals surface area contributed by atoms with Crippen molar-refractivity contribution >= 4 is 23.2 Å². The molecule has 0 aliphatic heterocycles. The predicted octanol–water partition coefficient (Wildman–Crippen LogP) is 3.48. The molecule has 106 valence electrons. The summed E-state index contributed by atoms with van der Waals surface area (Å²) < 4.78 is 0. The number of benzene rings is 2. The first-order valence-electron chi connectivity index (χ1n) is 6.37. The highest BCUT2D eigenvalue weighted by molar-refractivity contribution is 6.33. The fourth-order valence-electron chi connectivity index (χ4n) is 1.98. The summed E-state index contributed by atoms with van der Waals surface area (Å²) in [6, 6.07) is 14.5. The van der Waals surface area contributed by atoms with E-state index in [0.29, 0.717) is 10.6 Å². The molecule has 2 rings (SSSR count). The summed E-state index contributed by atoms with van der Waals surface area (Å²) in [6.07, 6.45) is 0. The second-order valence-electron chi connectivity index (χ2n) is 4.66. The maximum atomic E-state index is 11.3. The molecule has 2 aromatic carbocycles. The van der Waals surface area contributed by atoms with E-state index in [9.17, 15) is 4.79 Å². The van der Waals surface area contributed by atoms with E-state index in [4.69, 9.17) is 22.6 Å². The van der Waals surface area contributed by atoms with Gasteiger partial charge >= 0.3 is 0 Å². The number of halogens is 1. The molecule has 0 saturated heterocycles. The molecule has 0 aliphatic rings. The van der Waals surface area contributed by atoms with E-state index >= 15 is 0 Å². The smallest absolute Gasteiger partial charge is 0.250 e. The number of hydrogen-bond acceptors (Lipinski definition) is 3. The van der Waals surface area contributed by atoms with Gasteiger partial charge in [-0.2, -0.15) is 5.26 Å². The maximum Gasteiger partial charge on any atom is 0.250 e. The highest BCUT2D eigenvalue weighted by Gasteiger charge is 2.10. The van der Waals surface area contributed by atoms with Crippen LogP contribution in [0.2, 0.25) is 5.02 Å². The van der Waals surface area contributed by atoms with Crippen molar-refractivity contribution in [3.63, 3.8) is 0 Å². The summed E-state index contributed by atoms with van der Waals surface area (Å²) >= 11 is 5.92. The van der Waals surface area contributed by atoms with Crippen molar-refractivity contribution in [2.24, 2.45) is 5.73 Å². The third kappa shape index (κ3) is 3.53. The molecule has 0 heterocycles. The first kappa shape index (κ1) is 14.9. The molecule has 0 spiro atoms. The zero-order valence-corrected chi connectivity index (χ0v) is 12.2.